The number of fused-ring (bicyclic) bond motifs is 1. The Labute approximate surface area is 132 Å². The lowest BCUT2D eigenvalue weighted by molar-refractivity contribution is -0.312. The van der Waals surface area contributed by atoms with Crippen molar-refractivity contribution < 1.29 is 9.90 Å². The maximum absolute atomic E-state index is 11.5. The van der Waals surface area contributed by atoms with Gasteiger partial charge < -0.3 is 9.90 Å². The minimum Gasteiger partial charge on any atom is -0.550 e. The number of para-hydroxylation sites is 1. The highest BCUT2D eigenvalue weighted by atomic mass is 32.2. The quantitative estimate of drug-likeness (QED) is 0.793. The molecule has 1 atom stereocenters. The summed E-state index contributed by atoms with van der Waals surface area (Å²) in [4.78, 5) is 16.0. The van der Waals surface area contributed by atoms with E-state index in [1.54, 1.807) is 23.1 Å². The molecule has 0 spiro atoms. The number of aromatic nitrogens is 1. The number of carbonyl (C=O) groups excluding carboxylic acids is 1. The third-order valence-corrected chi connectivity index (χ3v) is 6.48. The molecule has 1 aliphatic rings. The average Bonchev–Trinajstić information content (AvgIpc) is 2.91. The van der Waals surface area contributed by atoms with Crippen LogP contribution in [0.2, 0.25) is 0 Å². The smallest absolute Gasteiger partial charge is 0.151 e. The molecule has 1 fully saturated rings. The topological polar surface area (TPSA) is 53.0 Å². The Morgan fingerprint density at radius 2 is 2.10 bits per heavy atom. The summed E-state index contributed by atoms with van der Waals surface area (Å²) in [5.74, 6) is -0.379. The van der Waals surface area contributed by atoms with Gasteiger partial charge in [0.1, 0.15) is 0 Å². The lowest BCUT2D eigenvalue weighted by Crippen LogP contribution is -2.38. The highest BCUT2D eigenvalue weighted by molar-refractivity contribution is 8.01. The first kappa shape index (κ1) is 14.9. The second-order valence-corrected chi connectivity index (χ2v) is 7.88. The fourth-order valence-electron chi connectivity index (χ4n) is 3.01. The molecule has 3 rings (SSSR count). The van der Waals surface area contributed by atoms with E-state index in [9.17, 15) is 9.90 Å². The van der Waals surface area contributed by atoms with Crippen molar-refractivity contribution in [1.82, 2.24) is 4.98 Å². The summed E-state index contributed by atoms with van der Waals surface area (Å²) in [7, 11) is 0. The van der Waals surface area contributed by atoms with Crippen molar-refractivity contribution in [2.75, 3.05) is 5.75 Å². The molecule has 0 amide bonds. The number of hydrogen-bond acceptors (Lipinski definition) is 5. The monoisotopic (exact) mass is 320 g/mol. The molecular formula is C16H18NO2S2-. The number of carboxylic acids is 1. The molecule has 5 heteroatoms. The van der Waals surface area contributed by atoms with Gasteiger partial charge in [-0.15, -0.1) is 11.3 Å². The maximum Gasteiger partial charge on any atom is 0.151 e. The zero-order valence-electron chi connectivity index (χ0n) is 11.8. The van der Waals surface area contributed by atoms with E-state index < -0.39 is 5.97 Å². The van der Waals surface area contributed by atoms with Gasteiger partial charge >= 0.3 is 0 Å². The summed E-state index contributed by atoms with van der Waals surface area (Å²) in [5.41, 5.74) is 0.993. The summed E-state index contributed by atoms with van der Waals surface area (Å²) >= 11 is 3.20. The van der Waals surface area contributed by atoms with Crippen molar-refractivity contribution in [3.63, 3.8) is 0 Å². The van der Waals surface area contributed by atoms with Crippen LogP contribution in [0.25, 0.3) is 10.2 Å². The van der Waals surface area contributed by atoms with E-state index in [2.05, 4.69) is 11.1 Å². The van der Waals surface area contributed by atoms with Gasteiger partial charge in [-0.2, -0.15) is 0 Å². The fraction of sp³-hybridized carbons (Fsp3) is 0.500. The van der Waals surface area contributed by atoms with Crippen LogP contribution in [-0.2, 0) is 4.79 Å². The number of benzene rings is 1. The molecule has 1 aromatic heterocycles. The summed E-state index contributed by atoms with van der Waals surface area (Å²) < 4.78 is 2.11. The van der Waals surface area contributed by atoms with Crippen molar-refractivity contribution in [3.05, 3.63) is 24.3 Å². The molecule has 2 aromatic rings. The molecule has 21 heavy (non-hydrogen) atoms. The van der Waals surface area contributed by atoms with Gasteiger partial charge in [0, 0.05) is 17.6 Å². The van der Waals surface area contributed by atoms with Crippen molar-refractivity contribution >= 4 is 39.3 Å². The van der Waals surface area contributed by atoms with E-state index in [0.29, 0.717) is 5.75 Å². The van der Waals surface area contributed by atoms with Crippen LogP contribution in [0, 0.1) is 11.8 Å². The zero-order valence-corrected chi connectivity index (χ0v) is 13.4. The Kier molecular flexibility index (Phi) is 4.80. The third-order valence-electron chi connectivity index (χ3n) is 4.18. The minimum atomic E-state index is -0.893. The zero-order chi connectivity index (χ0) is 14.7. The summed E-state index contributed by atoms with van der Waals surface area (Å²) in [5, 5.41) is 11.5. The highest BCUT2D eigenvalue weighted by Crippen LogP contribution is 2.35. The van der Waals surface area contributed by atoms with E-state index in [0.717, 1.165) is 40.2 Å². The van der Waals surface area contributed by atoms with Crippen LogP contribution in [0.1, 0.15) is 32.1 Å². The standard InChI is InChI=1S/C16H19NO2S2/c18-15(19)12(11-6-2-1-3-7-11)10-20-16-17-13-8-4-5-9-14(13)21-16/h4-5,8-9,11-12H,1-3,6-7,10H2,(H,18,19)/p-1. The van der Waals surface area contributed by atoms with Gasteiger partial charge in [-0.05, 0) is 30.9 Å². The van der Waals surface area contributed by atoms with Gasteiger partial charge in [-0.3, -0.25) is 0 Å². The third kappa shape index (κ3) is 3.58. The molecule has 0 saturated heterocycles. The molecular weight excluding hydrogens is 302 g/mol. The van der Waals surface area contributed by atoms with Crippen LogP contribution in [0.4, 0.5) is 0 Å². The molecule has 3 nitrogen and oxygen atoms in total. The number of aliphatic carboxylic acids is 1. The maximum atomic E-state index is 11.5. The van der Waals surface area contributed by atoms with Crippen LogP contribution < -0.4 is 5.11 Å². The molecule has 1 aromatic carbocycles. The van der Waals surface area contributed by atoms with Gasteiger partial charge in [0.05, 0.1) is 10.2 Å². The first-order valence-corrected chi connectivity index (χ1v) is 9.23. The van der Waals surface area contributed by atoms with Gasteiger partial charge in [-0.25, -0.2) is 4.98 Å². The number of carboxylic acid groups (broad SMARTS) is 1. The van der Waals surface area contributed by atoms with Crippen LogP contribution in [0.3, 0.4) is 0 Å². The molecule has 1 unspecified atom stereocenters. The Morgan fingerprint density at radius 1 is 1.33 bits per heavy atom. The van der Waals surface area contributed by atoms with E-state index in [-0.39, 0.29) is 11.8 Å². The fourth-order valence-corrected chi connectivity index (χ4v) is 5.31. The predicted octanol–water partition coefficient (Wildman–Crippen LogP) is 3.33. The molecule has 112 valence electrons. The van der Waals surface area contributed by atoms with Gasteiger partial charge in [0.2, 0.25) is 0 Å². The first-order chi connectivity index (χ1) is 10.2. The van der Waals surface area contributed by atoms with E-state index in [4.69, 9.17) is 0 Å². The summed E-state index contributed by atoms with van der Waals surface area (Å²) in [6.45, 7) is 0. The van der Waals surface area contributed by atoms with E-state index in [1.807, 2.05) is 18.2 Å². The van der Waals surface area contributed by atoms with E-state index >= 15 is 0 Å². The molecule has 0 bridgehead atoms. The van der Waals surface area contributed by atoms with Crippen molar-refractivity contribution in [2.45, 2.75) is 36.4 Å². The van der Waals surface area contributed by atoms with Crippen LogP contribution in [0.5, 0.6) is 0 Å². The Balaban J connectivity index is 1.67. The Hall–Kier alpha value is -1.07. The summed E-state index contributed by atoms with van der Waals surface area (Å²) in [6.07, 6.45) is 5.60. The van der Waals surface area contributed by atoms with Crippen molar-refractivity contribution in [1.29, 1.82) is 0 Å². The largest absolute Gasteiger partial charge is 0.550 e. The Morgan fingerprint density at radius 3 is 2.81 bits per heavy atom. The van der Waals surface area contributed by atoms with Crippen LogP contribution in [-0.4, -0.2) is 16.7 Å². The number of rotatable bonds is 5. The molecule has 1 saturated carbocycles. The molecule has 1 heterocycles. The van der Waals surface area contributed by atoms with Crippen molar-refractivity contribution in [2.24, 2.45) is 11.8 Å². The second kappa shape index (κ2) is 6.79. The number of thioether (sulfide) groups is 1. The minimum absolute atomic E-state index is 0.283. The lowest BCUT2D eigenvalue weighted by atomic mass is 9.81. The van der Waals surface area contributed by atoms with Crippen LogP contribution in [0.15, 0.2) is 28.6 Å². The van der Waals surface area contributed by atoms with Gasteiger partial charge in [0.25, 0.3) is 0 Å². The average molecular weight is 320 g/mol. The SMILES string of the molecule is O=C([O-])C(CSc1nc2ccccc2s1)C1CCCCC1. The second-order valence-electron chi connectivity index (χ2n) is 5.58. The number of hydrogen-bond donors (Lipinski definition) is 0. The molecule has 0 N–H and O–H groups in total. The van der Waals surface area contributed by atoms with Crippen LogP contribution >= 0.6 is 23.1 Å². The highest BCUT2D eigenvalue weighted by Gasteiger charge is 2.25. The molecule has 0 aliphatic heterocycles. The van der Waals surface area contributed by atoms with Gasteiger partial charge in [0.15, 0.2) is 4.34 Å². The number of carbonyl (C=O) groups is 1. The summed E-state index contributed by atoms with van der Waals surface area (Å²) in [6, 6.07) is 8.02. The molecule has 0 radical (unpaired) electrons. The predicted molar refractivity (Wildman–Crippen MR) is 85.4 cm³/mol. The Bertz CT molecular complexity index is 587. The van der Waals surface area contributed by atoms with E-state index in [1.165, 1.54) is 6.42 Å². The van der Waals surface area contributed by atoms with Gasteiger partial charge in [-0.1, -0.05) is 43.2 Å². The normalized spacial score (nSPS) is 17.9. The number of nitrogens with zero attached hydrogens (tertiary/aromatic N) is 1. The first-order valence-electron chi connectivity index (χ1n) is 7.43. The lowest BCUT2D eigenvalue weighted by Gasteiger charge is -2.30. The number of thiazole rings is 1. The molecule has 1 aliphatic carbocycles. The van der Waals surface area contributed by atoms with Crippen molar-refractivity contribution in [3.8, 4) is 0 Å².